The number of carbonyl (C=O) groups excluding carboxylic acids is 1. The molecule has 1 unspecified atom stereocenters. The molecule has 0 bridgehead atoms. The van der Waals surface area contributed by atoms with E-state index in [-0.39, 0.29) is 5.91 Å². The molecule has 5 heteroatoms. The summed E-state index contributed by atoms with van der Waals surface area (Å²) < 4.78 is 5.65. The monoisotopic (exact) mass is 449 g/mol. The zero-order chi connectivity index (χ0) is 23.3. The van der Waals surface area contributed by atoms with Crippen LogP contribution in [0.5, 0.6) is 0 Å². The molecule has 5 nitrogen and oxygen atoms in total. The summed E-state index contributed by atoms with van der Waals surface area (Å²) in [6.07, 6.45) is 6.57. The van der Waals surface area contributed by atoms with E-state index in [1.165, 1.54) is 30.5 Å². The van der Waals surface area contributed by atoms with Crippen LogP contribution in [0.3, 0.4) is 0 Å². The summed E-state index contributed by atoms with van der Waals surface area (Å²) in [6.45, 7) is 10.7. The van der Waals surface area contributed by atoms with Crippen LogP contribution in [0.1, 0.15) is 67.8 Å². The van der Waals surface area contributed by atoms with Crippen molar-refractivity contribution in [3.63, 3.8) is 0 Å². The van der Waals surface area contributed by atoms with Crippen LogP contribution in [0.2, 0.25) is 0 Å². The van der Waals surface area contributed by atoms with E-state index in [0.29, 0.717) is 31.7 Å². The van der Waals surface area contributed by atoms with Crippen LogP contribution < -0.4 is 5.32 Å². The second kappa shape index (κ2) is 10.8. The summed E-state index contributed by atoms with van der Waals surface area (Å²) in [6, 6.07) is 13.6. The molecule has 178 valence electrons. The van der Waals surface area contributed by atoms with Crippen LogP contribution in [-0.2, 0) is 22.5 Å². The van der Waals surface area contributed by atoms with E-state index < -0.39 is 5.41 Å². The normalized spacial score (nSPS) is 21.2. The molecule has 1 atom stereocenters. The van der Waals surface area contributed by atoms with Gasteiger partial charge in [0.15, 0.2) is 0 Å². The number of benzene rings is 1. The molecule has 0 spiro atoms. The van der Waals surface area contributed by atoms with Crippen molar-refractivity contribution < 1.29 is 9.53 Å². The first-order valence-electron chi connectivity index (χ1n) is 12.6. The van der Waals surface area contributed by atoms with Gasteiger partial charge in [0.25, 0.3) is 0 Å². The summed E-state index contributed by atoms with van der Waals surface area (Å²) >= 11 is 0. The first-order chi connectivity index (χ1) is 16.0. The standard InChI is InChI=1S/C28H39N3O2/c1-21(2)31-14-6-10-25(20-31)24-9-4-8-23(17-24)18-28(11-15-33-16-12-28)27(32)30-19-26-22(3)7-5-13-29-26/h4-5,7-9,13,17,21,25H,6,10-12,14-16,18-20H2,1-3H3,(H,30,32). The van der Waals surface area contributed by atoms with Gasteiger partial charge in [-0.25, -0.2) is 0 Å². The Hall–Kier alpha value is -2.24. The number of rotatable bonds is 7. The molecule has 1 amide bonds. The number of aromatic nitrogens is 1. The molecule has 2 aliphatic heterocycles. The third kappa shape index (κ3) is 5.82. The first-order valence-corrected chi connectivity index (χ1v) is 12.6. The minimum Gasteiger partial charge on any atom is -0.381 e. The Morgan fingerprint density at radius 3 is 2.82 bits per heavy atom. The molecule has 1 aromatic heterocycles. The van der Waals surface area contributed by atoms with Gasteiger partial charge < -0.3 is 15.0 Å². The lowest BCUT2D eigenvalue weighted by molar-refractivity contribution is -0.136. The van der Waals surface area contributed by atoms with Crippen molar-refractivity contribution in [1.29, 1.82) is 0 Å². The maximum atomic E-state index is 13.5. The Labute approximate surface area is 198 Å². The lowest BCUT2D eigenvalue weighted by Gasteiger charge is -2.37. The molecule has 3 heterocycles. The number of piperidine rings is 1. The summed E-state index contributed by atoms with van der Waals surface area (Å²) in [5, 5.41) is 3.20. The molecule has 2 aliphatic rings. The average molecular weight is 450 g/mol. The van der Waals surface area contributed by atoms with Crippen LogP contribution in [-0.4, -0.2) is 48.1 Å². The molecule has 0 saturated carbocycles. The number of hydrogen-bond acceptors (Lipinski definition) is 4. The summed E-state index contributed by atoms with van der Waals surface area (Å²) in [7, 11) is 0. The number of pyridine rings is 1. The second-order valence-corrected chi connectivity index (χ2v) is 10.2. The van der Waals surface area contributed by atoms with E-state index in [2.05, 4.69) is 53.3 Å². The third-order valence-electron chi connectivity index (χ3n) is 7.61. The van der Waals surface area contributed by atoms with Crippen LogP contribution in [0, 0.1) is 12.3 Å². The van der Waals surface area contributed by atoms with Crippen molar-refractivity contribution in [3.8, 4) is 0 Å². The number of nitrogens with zero attached hydrogens (tertiary/aromatic N) is 2. The first kappa shape index (κ1) is 23.9. The van der Waals surface area contributed by atoms with Gasteiger partial charge in [0, 0.05) is 32.0 Å². The zero-order valence-electron chi connectivity index (χ0n) is 20.5. The minimum atomic E-state index is -0.421. The number of likely N-dealkylation sites (tertiary alicyclic amines) is 1. The quantitative estimate of drug-likeness (QED) is 0.669. The maximum Gasteiger partial charge on any atom is 0.227 e. The lowest BCUT2D eigenvalue weighted by Crippen LogP contribution is -2.46. The smallest absolute Gasteiger partial charge is 0.227 e. The van der Waals surface area contributed by atoms with Crippen LogP contribution in [0.25, 0.3) is 0 Å². The van der Waals surface area contributed by atoms with Gasteiger partial charge in [0.05, 0.1) is 17.7 Å². The molecule has 4 rings (SSSR count). The molecule has 0 aliphatic carbocycles. The molecule has 0 radical (unpaired) electrons. The third-order valence-corrected chi connectivity index (χ3v) is 7.61. The van der Waals surface area contributed by atoms with Gasteiger partial charge in [-0.1, -0.05) is 30.3 Å². The molecule has 2 aromatic rings. The highest BCUT2D eigenvalue weighted by Gasteiger charge is 2.40. The number of hydrogen-bond donors (Lipinski definition) is 1. The number of nitrogens with one attached hydrogen (secondary N) is 1. The van der Waals surface area contributed by atoms with Gasteiger partial charge in [-0.2, -0.15) is 0 Å². The maximum absolute atomic E-state index is 13.5. The van der Waals surface area contributed by atoms with E-state index >= 15 is 0 Å². The Morgan fingerprint density at radius 2 is 2.06 bits per heavy atom. The van der Waals surface area contributed by atoms with Gasteiger partial charge in [-0.15, -0.1) is 0 Å². The second-order valence-electron chi connectivity index (χ2n) is 10.2. The largest absolute Gasteiger partial charge is 0.381 e. The van der Waals surface area contributed by atoms with E-state index in [1.54, 1.807) is 6.20 Å². The van der Waals surface area contributed by atoms with Crippen molar-refractivity contribution in [2.24, 2.45) is 5.41 Å². The van der Waals surface area contributed by atoms with Crippen molar-refractivity contribution in [2.75, 3.05) is 26.3 Å². The average Bonchev–Trinajstić information content (AvgIpc) is 2.84. The van der Waals surface area contributed by atoms with Crippen LogP contribution in [0.15, 0.2) is 42.6 Å². The molecule has 33 heavy (non-hydrogen) atoms. The number of aryl methyl sites for hydroxylation is 1. The lowest BCUT2D eigenvalue weighted by atomic mass is 9.74. The molecule has 2 fully saturated rings. The molecular formula is C28H39N3O2. The number of ether oxygens (including phenoxy) is 1. The predicted octanol–water partition coefficient (Wildman–Crippen LogP) is 4.63. The summed E-state index contributed by atoms with van der Waals surface area (Å²) in [5.74, 6) is 0.706. The SMILES string of the molecule is Cc1cccnc1CNC(=O)C1(Cc2cccc(C3CCCN(C(C)C)C3)c2)CCOCC1. The Bertz CT molecular complexity index is 936. The Kier molecular flexibility index (Phi) is 7.82. The van der Waals surface area contributed by atoms with E-state index in [0.717, 1.165) is 37.1 Å². The molecule has 1 N–H and O–H groups in total. The number of carbonyl (C=O) groups is 1. The van der Waals surface area contributed by atoms with E-state index in [4.69, 9.17) is 4.74 Å². The highest BCUT2D eigenvalue weighted by molar-refractivity contribution is 5.83. The topological polar surface area (TPSA) is 54.5 Å². The number of amides is 1. The van der Waals surface area contributed by atoms with Gasteiger partial charge in [0.1, 0.15) is 0 Å². The van der Waals surface area contributed by atoms with Crippen LogP contribution in [0.4, 0.5) is 0 Å². The minimum absolute atomic E-state index is 0.130. The molecule has 1 aromatic carbocycles. The summed E-state index contributed by atoms with van der Waals surface area (Å²) in [4.78, 5) is 20.5. The zero-order valence-corrected chi connectivity index (χ0v) is 20.5. The molecular weight excluding hydrogens is 410 g/mol. The van der Waals surface area contributed by atoms with Crippen molar-refractivity contribution in [3.05, 3.63) is 65.0 Å². The predicted molar refractivity (Wildman–Crippen MR) is 132 cm³/mol. The van der Waals surface area contributed by atoms with Crippen molar-refractivity contribution >= 4 is 5.91 Å². The van der Waals surface area contributed by atoms with E-state index in [1.807, 2.05) is 19.1 Å². The Morgan fingerprint density at radius 1 is 1.24 bits per heavy atom. The van der Waals surface area contributed by atoms with Crippen LogP contribution >= 0.6 is 0 Å². The van der Waals surface area contributed by atoms with Crippen molar-refractivity contribution in [1.82, 2.24) is 15.2 Å². The fourth-order valence-corrected chi connectivity index (χ4v) is 5.40. The van der Waals surface area contributed by atoms with Gasteiger partial charge >= 0.3 is 0 Å². The van der Waals surface area contributed by atoms with Gasteiger partial charge in [-0.3, -0.25) is 9.78 Å². The van der Waals surface area contributed by atoms with Gasteiger partial charge in [-0.05, 0) is 88.1 Å². The van der Waals surface area contributed by atoms with E-state index in [9.17, 15) is 4.79 Å². The highest BCUT2D eigenvalue weighted by Crippen LogP contribution is 2.36. The molecule has 2 saturated heterocycles. The van der Waals surface area contributed by atoms with Crippen molar-refractivity contribution in [2.45, 2.75) is 71.4 Å². The fraction of sp³-hybridized carbons (Fsp3) is 0.571. The van der Waals surface area contributed by atoms with Gasteiger partial charge in [0.2, 0.25) is 5.91 Å². The fourth-order valence-electron chi connectivity index (χ4n) is 5.40. The summed E-state index contributed by atoms with van der Waals surface area (Å²) in [5.41, 5.74) is 4.30. The highest BCUT2D eigenvalue weighted by atomic mass is 16.5. The Balaban J connectivity index is 1.48.